The minimum Gasteiger partial charge on any atom is -0.444 e. The Balaban J connectivity index is 1.84. The Morgan fingerprint density at radius 3 is 2.30 bits per heavy atom. The summed E-state index contributed by atoms with van der Waals surface area (Å²) in [6.45, 7) is 7.58. The van der Waals surface area contributed by atoms with Crippen molar-refractivity contribution in [2.75, 3.05) is 31.9 Å². The van der Waals surface area contributed by atoms with Crippen molar-refractivity contribution in [3.8, 4) is 0 Å². The van der Waals surface area contributed by atoms with Gasteiger partial charge in [-0.15, -0.1) is 0 Å². The van der Waals surface area contributed by atoms with Crippen LogP contribution in [-0.2, 0) is 16.0 Å². The standard InChI is InChI=1S/C17H25N3O3/c1-17(2,3)23-16(22)20-9-7-19(8-10-20)15(21)12-13-5-4-6-14(18)11-13/h4-6,11H,7-10,12,18H2,1-3H3. The second-order valence-corrected chi connectivity index (χ2v) is 6.77. The van der Waals surface area contributed by atoms with E-state index in [0.717, 1.165) is 5.56 Å². The molecule has 1 fully saturated rings. The number of piperazine rings is 1. The number of ether oxygens (including phenoxy) is 1. The average molecular weight is 319 g/mol. The van der Waals surface area contributed by atoms with E-state index in [1.807, 2.05) is 39.0 Å². The monoisotopic (exact) mass is 319 g/mol. The Morgan fingerprint density at radius 1 is 1.13 bits per heavy atom. The fourth-order valence-electron chi connectivity index (χ4n) is 2.45. The number of anilines is 1. The first kappa shape index (κ1) is 17.1. The summed E-state index contributed by atoms with van der Waals surface area (Å²) in [5.74, 6) is 0.0550. The van der Waals surface area contributed by atoms with E-state index < -0.39 is 5.60 Å². The molecule has 0 aliphatic carbocycles. The Labute approximate surface area is 137 Å². The smallest absolute Gasteiger partial charge is 0.410 e. The molecule has 1 aromatic carbocycles. The normalized spacial score (nSPS) is 15.4. The molecule has 1 heterocycles. The van der Waals surface area contributed by atoms with Gasteiger partial charge in [-0.2, -0.15) is 0 Å². The molecule has 0 atom stereocenters. The Hall–Kier alpha value is -2.24. The number of benzene rings is 1. The minimum absolute atomic E-state index is 0.0550. The molecular weight excluding hydrogens is 294 g/mol. The third-order valence-electron chi connectivity index (χ3n) is 3.59. The van der Waals surface area contributed by atoms with Crippen LogP contribution < -0.4 is 5.73 Å². The lowest BCUT2D eigenvalue weighted by atomic mass is 10.1. The van der Waals surface area contributed by atoms with Crippen LogP contribution in [-0.4, -0.2) is 53.6 Å². The van der Waals surface area contributed by atoms with Gasteiger partial charge in [0.2, 0.25) is 5.91 Å². The molecule has 1 aliphatic rings. The maximum atomic E-state index is 12.3. The van der Waals surface area contributed by atoms with E-state index in [2.05, 4.69) is 0 Å². The highest BCUT2D eigenvalue weighted by Gasteiger charge is 2.27. The molecule has 0 bridgehead atoms. The molecule has 2 amide bonds. The quantitative estimate of drug-likeness (QED) is 0.845. The third kappa shape index (κ3) is 5.16. The van der Waals surface area contributed by atoms with Gasteiger partial charge < -0.3 is 20.3 Å². The average Bonchev–Trinajstić information content (AvgIpc) is 2.45. The lowest BCUT2D eigenvalue weighted by molar-refractivity contribution is -0.132. The van der Waals surface area contributed by atoms with Gasteiger partial charge in [-0.3, -0.25) is 4.79 Å². The van der Waals surface area contributed by atoms with Crippen molar-refractivity contribution in [3.63, 3.8) is 0 Å². The van der Waals surface area contributed by atoms with Gasteiger partial charge in [-0.05, 0) is 38.5 Å². The summed E-state index contributed by atoms with van der Waals surface area (Å²) >= 11 is 0. The van der Waals surface area contributed by atoms with Gasteiger partial charge in [0.1, 0.15) is 5.60 Å². The fraction of sp³-hybridized carbons (Fsp3) is 0.529. The van der Waals surface area contributed by atoms with Crippen molar-refractivity contribution in [1.29, 1.82) is 0 Å². The van der Waals surface area contributed by atoms with E-state index >= 15 is 0 Å². The van der Waals surface area contributed by atoms with Crippen molar-refractivity contribution in [2.24, 2.45) is 0 Å². The second-order valence-electron chi connectivity index (χ2n) is 6.77. The van der Waals surface area contributed by atoms with Crippen molar-refractivity contribution < 1.29 is 14.3 Å². The molecule has 6 nitrogen and oxygen atoms in total. The van der Waals surface area contributed by atoms with Gasteiger partial charge in [-0.1, -0.05) is 12.1 Å². The van der Waals surface area contributed by atoms with E-state index in [9.17, 15) is 9.59 Å². The number of carbonyl (C=O) groups is 2. The number of nitrogen functional groups attached to an aromatic ring is 1. The summed E-state index contributed by atoms with van der Waals surface area (Å²) < 4.78 is 5.35. The zero-order valence-electron chi connectivity index (χ0n) is 14.0. The highest BCUT2D eigenvalue weighted by atomic mass is 16.6. The van der Waals surface area contributed by atoms with Gasteiger partial charge >= 0.3 is 6.09 Å². The van der Waals surface area contributed by atoms with Crippen LogP contribution in [0.4, 0.5) is 10.5 Å². The zero-order valence-corrected chi connectivity index (χ0v) is 14.0. The molecule has 0 unspecified atom stereocenters. The number of carbonyl (C=O) groups excluding carboxylic acids is 2. The predicted molar refractivity (Wildman–Crippen MR) is 88.9 cm³/mol. The van der Waals surface area contributed by atoms with Crippen LogP contribution in [0.2, 0.25) is 0 Å². The molecule has 0 radical (unpaired) electrons. The molecule has 1 saturated heterocycles. The molecule has 6 heteroatoms. The predicted octanol–water partition coefficient (Wildman–Crippen LogP) is 1.89. The number of hydrogen-bond donors (Lipinski definition) is 1. The number of nitrogens with zero attached hydrogens (tertiary/aromatic N) is 2. The van der Waals surface area contributed by atoms with E-state index in [1.165, 1.54) is 0 Å². The topological polar surface area (TPSA) is 75.9 Å². The molecule has 0 aromatic heterocycles. The Bertz CT molecular complexity index is 573. The molecule has 23 heavy (non-hydrogen) atoms. The van der Waals surface area contributed by atoms with Gasteiger partial charge in [0, 0.05) is 31.9 Å². The Kier molecular flexibility index (Phi) is 5.13. The van der Waals surface area contributed by atoms with Crippen molar-refractivity contribution in [2.45, 2.75) is 32.8 Å². The highest BCUT2D eigenvalue weighted by Crippen LogP contribution is 2.13. The maximum absolute atomic E-state index is 12.3. The molecule has 2 rings (SSSR count). The van der Waals surface area contributed by atoms with E-state index in [-0.39, 0.29) is 12.0 Å². The van der Waals surface area contributed by atoms with Crippen LogP contribution in [0.1, 0.15) is 26.3 Å². The third-order valence-corrected chi connectivity index (χ3v) is 3.59. The van der Waals surface area contributed by atoms with Gasteiger partial charge in [0.15, 0.2) is 0 Å². The van der Waals surface area contributed by atoms with Crippen LogP contribution >= 0.6 is 0 Å². The lowest BCUT2D eigenvalue weighted by Gasteiger charge is -2.35. The van der Waals surface area contributed by atoms with Crippen LogP contribution in [0.5, 0.6) is 0 Å². The molecule has 1 aromatic rings. The number of nitrogens with two attached hydrogens (primary N) is 1. The summed E-state index contributed by atoms with van der Waals surface area (Å²) in [4.78, 5) is 27.8. The van der Waals surface area contributed by atoms with Crippen LogP contribution in [0.25, 0.3) is 0 Å². The van der Waals surface area contributed by atoms with Crippen molar-refractivity contribution in [3.05, 3.63) is 29.8 Å². The summed E-state index contributed by atoms with van der Waals surface area (Å²) in [5, 5.41) is 0. The van der Waals surface area contributed by atoms with Crippen molar-refractivity contribution >= 4 is 17.7 Å². The zero-order chi connectivity index (χ0) is 17.0. The summed E-state index contributed by atoms with van der Waals surface area (Å²) in [6, 6.07) is 7.35. The molecule has 1 aliphatic heterocycles. The van der Waals surface area contributed by atoms with Crippen molar-refractivity contribution in [1.82, 2.24) is 9.80 Å². The fourth-order valence-corrected chi connectivity index (χ4v) is 2.45. The minimum atomic E-state index is -0.503. The number of amides is 2. The Morgan fingerprint density at radius 2 is 1.74 bits per heavy atom. The summed E-state index contributed by atoms with van der Waals surface area (Å²) in [7, 11) is 0. The summed E-state index contributed by atoms with van der Waals surface area (Å²) in [6.07, 6.45) is 0.0118. The van der Waals surface area contributed by atoms with E-state index in [0.29, 0.717) is 38.3 Å². The van der Waals surface area contributed by atoms with Crippen LogP contribution in [0, 0.1) is 0 Å². The SMILES string of the molecule is CC(C)(C)OC(=O)N1CCN(C(=O)Cc2cccc(N)c2)CC1. The molecule has 0 saturated carbocycles. The summed E-state index contributed by atoms with van der Waals surface area (Å²) in [5.41, 5.74) is 6.79. The molecular formula is C17H25N3O3. The lowest BCUT2D eigenvalue weighted by Crippen LogP contribution is -2.51. The molecule has 126 valence electrons. The number of rotatable bonds is 2. The van der Waals surface area contributed by atoms with Gasteiger partial charge in [0.05, 0.1) is 6.42 Å². The first-order valence-electron chi connectivity index (χ1n) is 7.85. The largest absolute Gasteiger partial charge is 0.444 e. The second kappa shape index (κ2) is 6.89. The van der Waals surface area contributed by atoms with Gasteiger partial charge in [-0.25, -0.2) is 4.79 Å². The van der Waals surface area contributed by atoms with E-state index in [1.54, 1.807) is 15.9 Å². The maximum Gasteiger partial charge on any atom is 0.410 e. The first-order valence-corrected chi connectivity index (χ1v) is 7.85. The van der Waals surface area contributed by atoms with Crippen LogP contribution in [0.3, 0.4) is 0 Å². The number of hydrogen-bond acceptors (Lipinski definition) is 4. The highest BCUT2D eigenvalue weighted by molar-refractivity contribution is 5.79. The van der Waals surface area contributed by atoms with Gasteiger partial charge in [0.25, 0.3) is 0 Å². The molecule has 2 N–H and O–H groups in total. The van der Waals surface area contributed by atoms with E-state index in [4.69, 9.17) is 10.5 Å². The first-order chi connectivity index (χ1) is 10.7. The molecule has 0 spiro atoms. The van der Waals surface area contributed by atoms with Crippen LogP contribution in [0.15, 0.2) is 24.3 Å².